The average Bonchev–Trinajstić information content (AvgIpc) is 3.01. The van der Waals surface area contributed by atoms with Crippen LogP contribution >= 0.6 is 0 Å². The minimum Gasteiger partial charge on any atom is -0.507 e. The van der Waals surface area contributed by atoms with E-state index in [0.717, 1.165) is 0 Å². The standard InChI is InChI=1S/C16H13NO7/c1-22-16-14(12(19)7-13-15(16)24-8-23-13)11(18)6-9-2-4-10(5-3-9)17(20)21/h2-5,7,19H,6,8H2,1H3. The molecular formula is C16H13NO7. The summed E-state index contributed by atoms with van der Waals surface area (Å²) in [5.74, 6) is -0.00693. The van der Waals surface area contributed by atoms with Gasteiger partial charge in [0, 0.05) is 24.6 Å². The number of fused-ring (bicyclic) bond motifs is 1. The molecule has 0 spiro atoms. The Balaban J connectivity index is 1.91. The van der Waals surface area contributed by atoms with Crippen molar-refractivity contribution in [2.24, 2.45) is 0 Å². The molecule has 0 atom stereocenters. The van der Waals surface area contributed by atoms with Gasteiger partial charge in [-0.05, 0) is 5.56 Å². The second-order valence-electron chi connectivity index (χ2n) is 5.06. The molecule has 0 saturated carbocycles. The number of methoxy groups -OCH3 is 1. The molecular weight excluding hydrogens is 318 g/mol. The molecule has 8 heteroatoms. The predicted octanol–water partition coefficient (Wildman–Crippen LogP) is 2.46. The maximum atomic E-state index is 12.6. The number of hydrogen-bond acceptors (Lipinski definition) is 7. The molecule has 1 N–H and O–H groups in total. The van der Waals surface area contributed by atoms with Crippen molar-refractivity contribution in [3.05, 3.63) is 51.6 Å². The number of nitro groups is 1. The third-order valence-electron chi connectivity index (χ3n) is 3.59. The number of Topliss-reactive ketones (excluding diaryl/α,β-unsaturated/α-hetero) is 1. The Hall–Kier alpha value is -3.29. The van der Waals surface area contributed by atoms with Crippen LogP contribution < -0.4 is 14.2 Å². The number of ketones is 1. The summed E-state index contributed by atoms with van der Waals surface area (Å²) in [6.07, 6.45) is -0.0540. The zero-order valence-corrected chi connectivity index (χ0v) is 12.6. The highest BCUT2D eigenvalue weighted by Crippen LogP contribution is 2.47. The molecule has 2 aromatic rings. The number of non-ortho nitro benzene ring substituents is 1. The number of ether oxygens (including phenoxy) is 3. The summed E-state index contributed by atoms with van der Waals surface area (Å²) in [5.41, 5.74) is 0.500. The van der Waals surface area contributed by atoms with Gasteiger partial charge in [0.2, 0.25) is 12.5 Å². The number of benzene rings is 2. The molecule has 0 amide bonds. The summed E-state index contributed by atoms with van der Waals surface area (Å²) in [6.45, 7) is -0.0227. The van der Waals surface area contributed by atoms with Crippen molar-refractivity contribution < 1.29 is 29.0 Å². The topological polar surface area (TPSA) is 108 Å². The Morgan fingerprint density at radius 2 is 2.04 bits per heavy atom. The minimum absolute atomic E-state index is 0.0138. The van der Waals surface area contributed by atoms with Crippen LogP contribution in [-0.2, 0) is 6.42 Å². The van der Waals surface area contributed by atoms with Gasteiger partial charge in [0.05, 0.1) is 12.0 Å². The van der Waals surface area contributed by atoms with E-state index in [4.69, 9.17) is 14.2 Å². The largest absolute Gasteiger partial charge is 0.507 e. The normalized spacial score (nSPS) is 12.0. The first-order valence-electron chi connectivity index (χ1n) is 6.97. The van der Waals surface area contributed by atoms with Crippen molar-refractivity contribution in [1.82, 2.24) is 0 Å². The van der Waals surface area contributed by atoms with Crippen LogP contribution in [0.2, 0.25) is 0 Å². The first-order valence-corrected chi connectivity index (χ1v) is 6.97. The molecule has 1 aliphatic rings. The number of phenolic OH excluding ortho intramolecular Hbond substituents is 1. The Kier molecular flexibility index (Phi) is 3.95. The van der Waals surface area contributed by atoms with Gasteiger partial charge in [-0.2, -0.15) is 0 Å². The molecule has 0 saturated heterocycles. The maximum absolute atomic E-state index is 12.6. The zero-order chi connectivity index (χ0) is 17.3. The lowest BCUT2D eigenvalue weighted by Crippen LogP contribution is -2.07. The fourth-order valence-electron chi connectivity index (χ4n) is 2.47. The van der Waals surface area contributed by atoms with Crippen molar-refractivity contribution in [3.8, 4) is 23.0 Å². The number of carbonyl (C=O) groups is 1. The molecule has 1 heterocycles. The Bertz CT molecular complexity index is 814. The van der Waals surface area contributed by atoms with Crippen LogP contribution in [0.5, 0.6) is 23.0 Å². The molecule has 1 aliphatic heterocycles. The van der Waals surface area contributed by atoms with Crippen molar-refractivity contribution >= 4 is 11.5 Å². The van der Waals surface area contributed by atoms with E-state index in [1.807, 2.05) is 0 Å². The molecule has 24 heavy (non-hydrogen) atoms. The summed E-state index contributed by atoms with van der Waals surface area (Å²) >= 11 is 0. The quantitative estimate of drug-likeness (QED) is 0.509. The van der Waals surface area contributed by atoms with Crippen LogP contribution in [0.3, 0.4) is 0 Å². The van der Waals surface area contributed by atoms with Crippen LogP contribution in [0, 0.1) is 10.1 Å². The summed E-state index contributed by atoms with van der Waals surface area (Å²) < 4.78 is 15.6. The van der Waals surface area contributed by atoms with Gasteiger partial charge < -0.3 is 19.3 Å². The fraction of sp³-hybridized carbons (Fsp3) is 0.188. The van der Waals surface area contributed by atoms with E-state index in [1.54, 1.807) is 0 Å². The lowest BCUT2D eigenvalue weighted by Gasteiger charge is -2.12. The van der Waals surface area contributed by atoms with E-state index < -0.39 is 10.7 Å². The predicted molar refractivity (Wildman–Crippen MR) is 81.9 cm³/mol. The van der Waals surface area contributed by atoms with Crippen molar-refractivity contribution in [2.75, 3.05) is 13.9 Å². The molecule has 0 fully saturated rings. The summed E-state index contributed by atoms with van der Waals surface area (Å²) in [7, 11) is 1.36. The third-order valence-corrected chi connectivity index (χ3v) is 3.59. The van der Waals surface area contributed by atoms with Crippen molar-refractivity contribution in [3.63, 3.8) is 0 Å². The van der Waals surface area contributed by atoms with Gasteiger partial charge in [-0.3, -0.25) is 14.9 Å². The number of carbonyl (C=O) groups excluding carboxylic acids is 1. The SMILES string of the molecule is COc1c2c(cc(O)c1C(=O)Cc1ccc([N+](=O)[O-])cc1)OCO2. The lowest BCUT2D eigenvalue weighted by molar-refractivity contribution is -0.384. The fourth-order valence-corrected chi connectivity index (χ4v) is 2.47. The van der Waals surface area contributed by atoms with Gasteiger partial charge in [0.1, 0.15) is 11.3 Å². The molecule has 0 bridgehead atoms. The number of hydrogen-bond donors (Lipinski definition) is 1. The van der Waals surface area contributed by atoms with E-state index in [2.05, 4.69) is 0 Å². The number of rotatable bonds is 5. The first kappa shape index (κ1) is 15.6. The second-order valence-corrected chi connectivity index (χ2v) is 5.06. The molecule has 8 nitrogen and oxygen atoms in total. The molecule has 0 aliphatic carbocycles. The molecule has 2 aromatic carbocycles. The Labute approximate surface area is 136 Å². The molecule has 0 unspecified atom stereocenters. The van der Waals surface area contributed by atoms with Crippen LogP contribution in [-0.4, -0.2) is 29.7 Å². The van der Waals surface area contributed by atoms with Gasteiger partial charge in [-0.25, -0.2) is 0 Å². The van der Waals surface area contributed by atoms with E-state index in [-0.39, 0.29) is 41.7 Å². The molecule has 0 aromatic heterocycles. The van der Waals surface area contributed by atoms with Crippen LogP contribution in [0.1, 0.15) is 15.9 Å². The third kappa shape index (κ3) is 2.69. The van der Waals surface area contributed by atoms with Gasteiger partial charge in [0.15, 0.2) is 17.3 Å². The van der Waals surface area contributed by atoms with Gasteiger partial charge in [-0.15, -0.1) is 0 Å². The summed E-state index contributed by atoms with van der Waals surface area (Å²) in [5, 5.41) is 20.8. The average molecular weight is 331 g/mol. The Morgan fingerprint density at radius 3 is 2.67 bits per heavy atom. The van der Waals surface area contributed by atoms with E-state index >= 15 is 0 Å². The molecule has 124 valence electrons. The lowest BCUT2D eigenvalue weighted by atomic mass is 10.0. The van der Waals surface area contributed by atoms with Crippen molar-refractivity contribution in [2.45, 2.75) is 6.42 Å². The summed E-state index contributed by atoms with van der Waals surface area (Å²) in [4.78, 5) is 22.7. The van der Waals surface area contributed by atoms with Gasteiger partial charge in [-0.1, -0.05) is 12.1 Å². The molecule has 0 radical (unpaired) electrons. The van der Waals surface area contributed by atoms with E-state index in [9.17, 15) is 20.0 Å². The van der Waals surface area contributed by atoms with Gasteiger partial charge >= 0.3 is 0 Å². The molecule has 3 rings (SSSR count). The van der Waals surface area contributed by atoms with Gasteiger partial charge in [0.25, 0.3) is 5.69 Å². The highest BCUT2D eigenvalue weighted by atomic mass is 16.7. The van der Waals surface area contributed by atoms with Crippen LogP contribution in [0.4, 0.5) is 5.69 Å². The number of nitrogens with zero attached hydrogens (tertiary/aromatic N) is 1. The number of nitro benzene ring substituents is 1. The van der Waals surface area contributed by atoms with Crippen LogP contribution in [0.15, 0.2) is 30.3 Å². The van der Waals surface area contributed by atoms with Crippen LogP contribution in [0.25, 0.3) is 0 Å². The zero-order valence-electron chi connectivity index (χ0n) is 12.6. The monoisotopic (exact) mass is 331 g/mol. The highest BCUT2D eigenvalue weighted by Gasteiger charge is 2.28. The van der Waals surface area contributed by atoms with E-state index in [0.29, 0.717) is 11.3 Å². The number of phenols is 1. The second kappa shape index (κ2) is 6.07. The Morgan fingerprint density at radius 1 is 1.33 bits per heavy atom. The highest BCUT2D eigenvalue weighted by molar-refractivity contribution is 6.03. The first-order chi connectivity index (χ1) is 11.5. The maximum Gasteiger partial charge on any atom is 0.269 e. The van der Waals surface area contributed by atoms with E-state index in [1.165, 1.54) is 37.4 Å². The van der Waals surface area contributed by atoms with Crippen molar-refractivity contribution in [1.29, 1.82) is 0 Å². The summed E-state index contributed by atoms with van der Waals surface area (Å²) in [6, 6.07) is 6.92. The smallest absolute Gasteiger partial charge is 0.269 e. The number of aromatic hydroxyl groups is 1. The minimum atomic E-state index is -0.516.